The van der Waals surface area contributed by atoms with Crippen LogP contribution >= 0.6 is 0 Å². The number of hydrogen-bond donors (Lipinski definition) is 3. The maximum absolute atomic E-state index is 10.6. The molecule has 3 nitrogen and oxygen atoms in total. The highest BCUT2D eigenvalue weighted by Crippen LogP contribution is 2.52. The highest BCUT2D eigenvalue weighted by Gasteiger charge is 2.39. The van der Waals surface area contributed by atoms with E-state index in [1.165, 1.54) is 51.4 Å². The third-order valence-electron chi connectivity index (χ3n) is 7.35. The summed E-state index contributed by atoms with van der Waals surface area (Å²) in [5.74, 6) is -0.0162. The molecule has 3 N–H and O–H groups in total. The van der Waals surface area contributed by atoms with E-state index in [9.17, 15) is 15.3 Å². The van der Waals surface area contributed by atoms with Gasteiger partial charge in [-0.15, -0.1) is 0 Å². The minimum Gasteiger partial charge on any atom is -0.507 e. The van der Waals surface area contributed by atoms with Crippen molar-refractivity contribution in [3.63, 3.8) is 0 Å². The van der Waals surface area contributed by atoms with E-state index in [4.69, 9.17) is 0 Å². The fourth-order valence-electron chi connectivity index (χ4n) is 4.46. The predicted molar refractivity (Wildman–Crippen MR) is 110 cm³/mol. The molecule has 2 saturated carbocycles. The van der Waals surface area contributed by atoms with Crippen LogP contribution in [-0.2, 0) is 12.8 Å². The van der Waals surface area contributed by atoms with Gasteiger partial charge in [-0.2, -0.15) is 0 Å². The van der Waals surface area contributed by atoms with Crippen LogP contribution in [0.4, 0.5) is 0 Å². The van der Waals surface area contributed by atoms with E-state index in [1.807, 2.05) is 0 Å². The van der Waals surface area contributed by atoms with Gasteiger partial charge in [0.15, 0.2) is 11.5 Å². The van der Waals surface area contributed by atoms with E-state index in [0.29, 0.717) is 22.8 Å². The maximum atomic E-state index is 10.6. The number of phenolic OH excluding ortho intramolecular Hbond substituents is 3. The van der Waals surface area contributed by atoms with Gasteiger partial charge in [0.1, 0.15) is 5.75 Å². The van der Waals surface area contributed by atoms with Crippen LogP contribution in [0.2, 0.25) is 0 Å². The Hall–Kier alpha value is -1.38. The summed E-state index contributed by atoms with van der Waals surface area (Å²) in [7, 11) is 0. The summed E-state index contributed by atoms with van der Waals surface area (Å²) >= 11 is 0. The molecule has 2 aliphatic carbocycles. The van der Waals surface area contributed by atoms with Crippen LogP contribution in [0.3, 0.4) is 0 Å². The van der Waals surface area contributed by atoms with Crippen molar-refractivity contribution in [3.8, 4) is 17.2 Å². The Kier molecular flexibility index (Phi) is 6.28. The highest BCUT2D eigenvalue weighted by atomic mass is 16.3. The Morgan fingerprint density at radius 2 is 1.48 bits per heavy atom. The first kappa shape index (κ1) is 20.4. The molecule has 3 rings (SSSR count). The van der Waals surface area contributed by atoms with Crippen molar-refractivity contribution in [1.82, 2.24) is 0 Å². The number of phenols is 3. The van der Waals surface area contributed by atoms with Crippen LogP contribution < -0.4 is 0 Å². The fourth-order valence-corrected chi connectivity index (χ4v) is 4.46. The molecule has 0 aromatic heterocycles. The van der Waals surface area contributed by atoms with Crippen molar-refractivity contribution < 1.29 is 15.3 Å². The Balaban J connectivity index is 1.48. The lowest BCUT2D eigenvalue weighted by atomic mass is 9.93. The molecule has 0 spiro atoms. The van der Waals surface area contributed by atoms with Gasteiger partial charge in [-0.3, -0.25) is 0 Å². The third-order valence-corrected chi connectivity index (χ3v) is 7.35. The lowest BCUT2D eigenvalue weighted by Crippen LogP contribution is -1.98. The van der Waals surface area contributed by atoms with Gasteiger partial charge in [0, 0.05) is 5.56 Å². The molecule has 1 aromatic carbocycles. The fraction of sp³-hybridized carbons (Fsp3) is 0.750. The zero-order valence-corrected chi connectivity index (χ0v) is 17.3. The molecule has 2 aliphatic rings. The molecule has 27 heavy (non-hydrogen) atoms. The Morgan fingerprint density at radius 3 is 2.11 bits per heavy atom. The van der Waals surface area contributed by atoms with Crippen LogP contribution in [0.25, 0.3) is 0 Å². The third kappa shape index (κ3) is 5.33. The summed E-state index contributed by atoms with van der Waals surface area (Å²) < 4.78 is 0. The average Bonchev–Trinajstić information content (AvgIpc) is 3.57. The molecule has 0 heterocycles. The number of unbranched alkanes of at least 4 members (excludes halogenated alkanes) is 3. The van der Waals surface area contributed by atoms with Crippen LogP contribution in [0.5, 0.6) is 17.2 Å². The summed E-state index contributed by atoms with van der Waals surface area (Å²) in [5.41, 5.74) is 2.52. The minimum absolute atomic E-state index is 0.0881. The molecule has 0 bridgehead atoms. The second-order valence-corrected chi connectivity index (χ2v) is 9.66. The zero-order valence-electron chi connectivity index (χ0n) is 17.3. The topological polar surface area (TPSA) is 60.7 Å². The SMILES string of the molecule is CCC1(CCCCCc2cc(O)c(O)c(CCCCC3(C)CC3)c2O)CC1. The standard InChI is InChI=1S/C24H38O3/c1-3-24(15-16-24)12-7-4-5-9-18-17-20(25)22(27)19(21(18)26)10-6-8-11-23(2)13-14-23/h17,25-27H,3-16H2,1-2H3. The number of rotatable bonds is 12. The molecule has 0 saturated heterocycles. The van der Waals surface area contributed by atoms with Crippen molar-refractivity contribution >= 4 is 0 Å². The van der Waals surface area contributed by atoms with E-state index in [0.717, 1.165) is 37.7 Å². The minimum atomic E-state index is -0.132. The van der Waals surface area contributed by atoms with Crippen LogP contribution in [0.1, 0.15) is 102 Å². The van der Waals surface area contributed by atoms with Crippen molar-refractivity contribution in [3.05, 3.63) is 17.2 Å². The molecular formula is C24H38O3. The summed E-state index contributed by atoms with van der Waals surface area (Å²) in [4.78, 5) is 0. The molecule has 0 amide bonds. The van der Waals surface area contributed by atoms with E-state index in [2.05, 4.69) is 13.8 Å². The van der Waals surface area contributed by atoms with Crippen LogP contribution in [-0.4, -0.2) is 15.3 Å². The van der Waals surface area contributed by atoms with Crippen molar-refractivity contribution in [2.24, 2.45) is 10.8 Å². The largest absolute Gasteiger partial charge is 0.507 e. The zero-order chi connectivity index (χ0) is 19.5. The Bertz CT molecular complexity index is 642. The van der Waals surface area contributed by atoms with E-state index in [-0.39, 0.29) is 17.2 Å². The molecular weight excluding hydrogens is 336 g/mol. The second kappa shape index (κ2) is 8.32. The van der Waals surface area contributed by atoms with Gasteiger partial charge >= 0.3 is 0 Å². The monoisotopic (exact) mass is 374 g/mol. The van der Waals surface area contributed by atoms with E-state index in [1.54, 1.807) is 6.07 Å². The van der Waals surface area contributed by atoms with Crippen LogP contribution in [0.15, 0.2) is 6.07 Å². The van der Waals surface area contributed by atoms with Crippen molar-refractivity contribution in [2.75, 3.05) is 0 Å². The highest BCUT2D eigenvalue weighted by molar-refractivity contribution is 5.56. The maximum Gasteiger partial charge on any atom is 0.164 e. The molecule has 0 unspecified atom stereocenters. The first-order chi connectivity index (χ1) is 12.9. The number of aromatic hydroxyl groups is 3. The second-order valence-electron chi connectivity index (χ2n) is 9.66. The van der Waals surface area contributed by atoms with Gasteiger partial charge in [0.25, 0.3) is 0 Å². The molecule has 0 aliphatic heterocycles. The average molecular weight is 375 g/mol. The molecule has 2 fully saturated rings. The lowest BCUT2D eigenvalue weighted by molar-refractivity contribution is 0.384. The molecule has 0 atom stereocenters. The van der Waals surface area contributed by atoms with E-state index < -0.39 is 0 Å². The summed E-state index contributed by atoms with van der Waals surface area (Å²) in [5, 5.41) is 30.9. The Labute approximate surface area is 164 Å². The van der Waals surface area contributed by atoms with Gasteiger partial charge in [0.2, 0.25) is 0 Å². The van der Waals surface area contributed by atoms with Gasteiger partial charge < -0.3 is 15.3 Å². The first-order valence-electron chi connectivity index (χ1n) is 11.1. The van der Waals surface area contributed by atoms with Crippen molar-refractivity contribution in [2.45, 2.75) is 104 Å². The lowest BCUT2D eigenvalue weighted by Gasteiger charge is -2.15. The van der Waals surface area contributed by atoms with Gasteiger partial charge in [-0.1, -0.05) is 39.5 Å². The van der Waals surface area contributed by atoms with Crippen molar-refractivity contribution in [1.29, 1.82) is 0 Å². The predicted octanol–water partition coefficient (Wildman–Crippen LogP) is 6.61. The Morgan fingerprint density at radius 1 is 0.815 bits per heavy atom. The molecule has 152 valence electrons. The summed E-state index contributed by atoms with van der Waals surface area (Å²) in [6.45, 7) is 4.64. The van der Waals surface area contributed by atoms with E-state index >= 15 is 0 Å². The van der Waals surface area contributed by atoms with Gasteiger partial charge in [-0.05, 0) is 86.7 Å². The normalized spacial score (nSPS) is 19.2. The smallest absolute Gasteiger partial charge is 0.164 e. The number of aryl methyl sites for hydroxylation is 1. The molecule has 3 heteroatoms. The van der Waals surface area contributed by atoms with Crippen LogP contribution in [0, 0.1) is 10.8 Å². The summed E-state index contributed by atoms with van der Waals surface area (Å²) in [6, 6.07) is 1.55. The first-order valence-corrected chi connectivity index (χ1v) is 11.1. The number of hydrogen-bond acceptors (Lipinski definition) is 3. The van der Waals surface area contributed by atoms with Gasteiger partial charge in [0.05, 0.1) is 0 Å². The quantitative estimate of drug-likeness (QED) is 0.219. The molecule has 0 radical (unpaired) electrons. The van der Waals surface area contributed by atoms with Gasteiger partial charge in [-0.25, -0.2) is 0 Å². The number of benzene rings is 1. The molecule has 1 aromatic rings. The summed E-state index contributed by atoms with van der Waals surface area (Å²) in [6.07, 6.45) is 16.2.